The normalized spacial score (nSPS) is 24.9. The number of sulfonamides is 1. The third kappa shape index (κ3) is 3.47. The van der Waals surface area contributed by atoms with E-state index in [2.05, 4.69) is 4.72 Å². The highest BCUT2D eigenvalue weighted by Crippen LogP contribution is 2.30. The Balaban J connectivity index is 2.36. The maximum Gasteiger partial charge on any atom is 0.244 e. The smallest absolute Gasteiger partial charge is 0.244 e. The molecule has 1 saturated heterocycles. The summed E-state index contributed by atoms with van der Waals surface area (Å²) in [6.45, 7) is 1.58. The summed E-state index contributed by atoms with van der Waals surface area (Å²) in [5.41, 5.74) is 4.96. The van der Waals surface area contributed by atoms with Gasteiger partial charge in [0.2, 0.25) is 10.0 Å². The van der Waals surface area contributed by atoms with Gasteiger partial charge in [-0.05, 0) is 25.5 Å². The van der Waals surface area contributed by atoms with Crippen molar-refractivity contribution in [2.75, 3.05) is 24.3 Å². The predicted octanol–water partition coefficient (Wildman–Crippen LogP) is 0.133. The zero-order chi connectivity index (χ0) is 15.9. The number of benzene rings is 1. The largest absolute Gasteiger partial charge is 0.495 e. The van der Waals surface area contributed by atoms with Crippen LogP contribution in [0.4, 0.5) is 5.69 Å². The molecule has 7 nitrogen and oxygen atoms in total. The molecule has 0 radical (unpaired) electrons. The summed E-state index contributed by atoms with van der Waals surface area (Å²) in [5, 5.41) is 0. The van der Waals surface area contributed by atoms with Gasteiger partial charge in [0, 0.05) is 17.3 Å². The van der Waals surface area contributed by atoms with Gasteiger partial charge in [0.15, 0.2) is 9.84 Å². The maximum atomic E-state index is 12.5. The Labute approximate surface area is 124 Å². The second kappa shape index (κ2) is 5.15. The van der Waals surface area contributed by atoms with Gasteiger partial charge in [-0.25, -0.2) is 21.6 Å². The van der Waals surface area contributed by atoms with Crippen LogP contribution in [0.1, 0.15) is 13.3 Å². The van der Waals surface area contributed by atoms with Gasteiger partial charge in [0.05, 0.1) is 18.6 Å². The molecule has 1 unspecified atom stereocenters. The van der Waals surface area contributed by atoms with Gasteiger partial charge in [-0.3, -0.25) is 0 Å². The molecule has 0 spiro atoms. The lowest BCUT2D eigenvalue weighted by Gasteiger charge is -2.24. The molecule has 0 bridgehead atoms. The van der Waals surface area contributed by atoms with Crippen molar-refractivity contribution in [3.8, 4) is 5.75 Å². The molecule has 1 aromatic rings. The van der Waals surface area contributed by atoms with E-state index in [1.807, 2.05) is 0 Å². The van der Waals surface area contributed by atoms with Crippen LogP contribution in [-0.2, 0) is 19.9 Å². The lowest BCUT2D eigenvalue weighted by molar-refractivity contribution is 0.400. The first-order valence-electron chi connectivity index (χ1n) is 6.25. The highest BCUT2D eigenvalue weighted by molar-refractivity contribution is 7.92. The van der Waals surface area contributed by atoms with Crippen molar-refractivity contribution < 1.29 is 21.6 Å². The van der Waals surface area contributed by atoms with Crippen LogP contribution in [0.2, 0.25) is 0 Å². The first kappa shape index (κ1) is 16.1. The van der Waals surface area contributed by atoms with Crippen LogP contribution in [0.5, 0.6) is 5.75 Å². The summed E-state index contributed by atoms with van der Waals surface area (Å²) in [4.78, 5) is -0.0651. The number of sulfone groups is 1. The van der Waals surface area contributed by atoms with E-state index < -0.39 is 25.4 Å². The van der Waals surface area contributed by atoms with Crippen molar-refractivity contribution in [2.45, 2.75) is 23.8 Å². The number of ether oxygens (including phenoxy) is 1. The van der Waals surface area contributed by atoms with E-state index in [1.165, 1.54) is 25.3 Å². The second-order valence-corrected chi connectivity index (χ2v) is 9.25. The summed E-state index contributed by atoms with van der Waals surface area (Å²) in [7, 11) is -5.77. The van der Waals surface area contributed by atoms with Crippen molar-refractivity contribution in [3.05, 3.63) is 18.2 Å². The standard InChI is InChI=1S/C12H18N2O5S2/c1-12(5-6-20(15,16)8-12)14-21(17,18)11-4-3-9(13)7-10(11)19-2/h3-4,7,14H,5-6,8,13H2,1-2H3. The minimum atomic E-state index is -3.91. The Hall–Kier alpha value is -1.32. The molecule has 3 N–H and O–H groups in total. The van der Waals surface area contributed by atoms with E-state index in [1.54, 1.807) is 6.92 Å². The zero-order valence-corrected chi connectivity index (χ0v) is 13.4. The number of nitrogens with two attached hydrogens (primary N) is 1. The van der Waals surface area contributed by atoms with Gasteiger partial charge in [0.1, 0.15) is 10.6 Å². The van der Waals surface area contributed by atoms with Gasteiger partial charge >= 0.3 is 0 Å². The van der Waals surface area contributed by atoms with E-state index in [4.69, 9.17) is 10.5 Å². The third-order valence-corrected chi connectivity index (χ3v) is 6.94. The molecule has 1 aliphatic rings. The Morgan fingerprint density at radius 1 is 1.38 bits per heavy atom. The molecule has 21 heavy (non-hydrogen) atoms. The van der Waals surface area contributed by atoms with E-state index in [0.717, 1.165) is 0 Å². The third-order valence-electron chi connectivity index (χ3n) is 3.36. The minimum absolute atomic E-state index is 0.0229. The number of anilines is 1. The average Bonchev–Trinajstić information content (AvgIpc) is 2.61. The number of hydrogen-bond donors (Lipinski definition) is 2. The Kier molecular flexibility index (Phi) is 3.94. The van der Waals surface area contributed by atoms with Crippen molar-refractivity contribution in [1.82, 2.24) is 4.72 Å². The predicted molar refractivity (Wildman–Crippen MR) is 79.4 cm³/mol. The number of rotatable bonds is 4. The van der Waals surface area contributed by atoms with Crippen LogP contribution in [0.15, 0.2) is 23.1 Å². The lowest BCUT2D eigenvalue weighted by atomic mass is 10.0. The molecule has 0 aromatic heterocycles. The van der Waals surface area contributed by atoms with E-state index in [9.17, 15) is 16.8 Å². The SMILES string of the molecule is COc1cc(N)ccc1S(=O)(=O)NC1(C)CCS(=O)(=O)C1. The molecule has 1 aromatic carbocycles. The van der Waals surface area contributed by atoms with Crippen LogP contribution >= 0.6 is 0 Å². The van der Waals surface area contributed by atoms with Gasteiger partial charge < -0.3 is 10.5 Å². The number of hydrogen-bond acceptors (Lipinski definition) is 6. The first-order chi connectivity index (χ1) is 9.57. The van der Waals surface area contributed by atoms with Gasteiger partial charge in [0.25, 0.3) is 0 Å². The summed E-state index contributed by atoms with van der Waals surface area (Å²) in [5.74, 6) is -0.117. The Morgan fingerprint density at radius 3 is 2.57 bits per heavy atom. The first-order valence-corrected chi connectivity index (χ1v) is 9.55. The van der Waals surface area contributed by atoms with Crippen molar-refractivity contribution >= 4 is 25.5 Å². The maximum absolute atomic E-state index is 12.5. The van der Waals surface area contributed by atoms with Crippen molar-refractivity contribution in [1.29, 1.82) is 0 Å². The fourth-order valence-corrected chi connectivity index (χ4v) is 6.15. The van der Waals surface area contributed by atoms with Gasteiger partial charge in [-0.2, -0.15) is 0 Å². The molecule has 1 fully saturated rings. The van der Waals surface area contributed by atoms with Crippen LogP contribution in [-0.4, -0.2) is 41.0 Å². The Bertz CT molecular complexity index is 758. The second-order valence-electron chi connectivity index (χ2n) is 5.42. The van der Waals surface area contributed by atoms with Crippen LogP contribution in [0.3, 0.4) is 0 Å². The monoisotopic (exact) mass is 334 g/mol. The molecule has 0 amide bonds. The lowest BCUT2D eigenvalue weighted by Crippen LogP contribution is -2.46. The molecular weight excluding hydrogens is 316 g/mol. The Morgan fingerprint density at radius 2 is 2.05 bits per heavy atom. The summed E-state index contributed by atoms with van der Waals surface area (Å²) in [6, 6.07) is 4.19. The highest BCUT2D eigenvalue weighted by atomic mass is 32.2. The molecule has 9 heteroatoms. The van der Waals surface area contributed by atoms with Crippen LogP contribution < -0.4 is 15.2 Å². The fraction of sp³-hybridized carbons (Fsp3) is 0.500. The van der Waals surface area contributed by atoms with E-state index in [0.29, 0.717) is 5.69 Å². The molecule has 1 aliphatic heterocycles. The van der Waals surface area contributed by atoms with Crippen LogP contribution in [0, 0.1) is 0 Å². The molecule has 2 rings (SSSR count). The quantitative estimate of drug-likeness (QED) is 0.756. The number of nitrogens with one attached hydrogen (secondary N) is 1. The van der Waals surface area contributed by atoms with Crippen molar-refractivity contribution in [3.63, 3.8) is 0 Å². The molecule has 0 saturated carbocycles. The van der Waals surface area contributed by atoms with Gasteiger partial charge in [-0.15, -0.1) is 0 Å². The summed E-state index contributed by atoms with van der Waals surface area (Å²) < 4.78 is 55.6. The van der Waals surface area contributed by atoms with Crippen LogP contribution in [0.25, 0.3) is 0 Å². The van der Waals surface area contributed by atoms with Crippen molar-refractivity contribution in [2.24, 2.45) is 0 Å². The molecule has 1 heterocycles. The number of nitrogen functional groups attached to an aromatic ring is 1. The number of methoxy groups -OCH3 is 1. The minimum Gasteiger partial charge on any atom is -0.495 e. The zero-order valence-electron chi connectivity index (χ0n) is 11.8. The highest BCUT2D eigenvalue weighted by Gasteiger charge is 2.41. The summed E-state index contributed by atoms with van der Waals surface area (Å²) in [6.07, 6.45) is 0.242. The topological polar surface area (TPSA) is 116 Å². The molecule has 118 valence electrons. The molecule has 1 atom stereocenters. The fourth-order valence-electron chi connectivity index (χ4n) is 2.38. The van der Waals surface area contributed by atoms with E-state index in [-0.39, 0.29) is 28.6 Å². The molecular formula is C12H18N2O5S2. The summed E-state index contributed by atoms with van der Waals surface area (Å²) >= 11 is 0. The van der Waals surface area contributed by atoms with Gasteiger partial charge in [-0.1, -0.05) is 0 Å². The van der Waals surface area contributed by atoms with E-state index >= 15 is 0 Å². The average molecular weight is 334 g/mol. The molecule has 0 aliphatic carbocycles.